The van der Waals surface area contributed by atoms with Crippen molar-refractivity contribution in [2.24, 2.45) is 0 Å². The summed E-state index contributed by atoms with van der Waals surface area (Å²) in [7, 11) is 0. The summed E-state index contributed by atoms with van der Waals surface area (Å²) >= 11 is 5.79. The second kappa shape index (κ2) is 4.30. The molecule has 0 aromatic heterocycles. The van der Waals surface area contributed by atoms with Gasteiger partial charge >= 0.3 is 0 Å². The molecule has 0 nitrogen and oxygen atoms in total. The topological polar surface area (TPSA) is 0 Å². The normalized spacial score (nSPS) is 11.3. The molecule has 2 aromatic carbocycles. The average molecular weight is 232 g/mol. The fourth-order valence-corrected chi connectivity index (χ4v) is 4.08. The molecule has 0 aliphatic carbocycles. The molecule has 0 saturated carbocycles. The Morgan fingerprint density at radius 2 is 1.07 bits per heavy atom. The van der Waals surface area contributed by atoms with Crippen LogP contribution in [-0.2, 0) is 11.8 Å². The van der Waals surface area contributed by atoms with Crippen LogP contribution in [0, 0.1) is 0 Å². The van der Waals surface area contributed by atoms with Crippen LogP contribution in [0.3, 0.4) is 0 Å². The fourth-order valence-electron chi connectivity index (χ4n) is 1.57. The van der Waals surface area contributed by atoms with Crippen molar-refractivity contribution in [2.75, 3.05) is 6.66 Å². The Bertz CT molecular complexity index is 433. The summed E-state index contributed by atoms with van der Waals surface area (Å²) in [5.41, 5.74) is 0. The van der Waals surface area contributed by atoms with Crippen LogP contribution in [0.5, 0.6) is 0 Å². The molecule has 0 aliphatic rings. The van der Waals surface area contributed by atoms with Crippen LogP contribution < -0.4 is 10.6 Å². The lowest BCUT2D eigenvalue weighted by Crippen LogP contribution is -2.13. The quantitative estimate of drug-likeness (QED) is 0.717. The molecule has 0 saturated heterocycles. The molecular formula is C13H13PS. The van der Waals surface area contributed by atoms with Crippen molar-refractivity contribution >= 4 is 28.5 Å². The van der Waals surface area contributed by atoms with E-state index in [0.29, 0.717) is 0 Å². The standard InChI is InChI=1S/C13H13PS/c1-14(15,12-8-4-2-5-9-12)13-10-6-3-7-11-13/h2-11H,1H3. The van der Waals surface area contributed by atoms with Crippen LogP contribution in [0.25, 0.3) is 0 Å². The van der Waals surface area contributed by atoms with E-state index in [-0.39, 0.29) is 0 Å². The van der Waals surface area contributed by atoms with E-state index in [2.05, 4.69) is 55.2 Å². The first-order valence-corrected chi connectivity index (χ1v) is 8.15. The van der Waals surface area contributed by atoms with Gasteiger partial charge in [-0.1, -0.05) is 72.5 Å². The minimum atomic E-state index is -1.56. The van der Waals surface area contributed by atoms with Crippen LogP contribution >= 0.6 is 6.04 Å². The highest BCUT2D eigenvalue weighted by molar-refractivity contribution is 8.21. The largest absolute Gasteiger partial charge is 0.0879 e. The van der Waals surface area contributed by atoms with Gasteiger partial charge in [-0.2, -0.15) is 0 Å². The zero-order valence-electron chi connectivity index (χ0n) is 8.63. The Labute approximate surface area is 96.0 Å². The minimum Gasteiger partial charge on any atom is -0.0879 e. The molecule has 0 aliphatic heterocycles. The first-order chi connectivity index (χ1) is 7.21. The van der Waals surface area contributed by atoms with Crippen molar-refractivity contribution in [3.05, 3.63) is 60.7 Å². The van der Waals surface area contributed by atoms with E-state index in [1.54, 1.807) is 0 Å². The second-order valence-electron chi connectivity index (χ2n) is 3.60. The number of hydrogen-bond donors (Lipinski definition) is 0. The third-order valence-corrected chi connectivity index (χ3v) is 6.33. The van der Waals surface area contributed by atoms with Gasteiger partial charge in [0.25, 0.3) is 0 Å². The third-order valence-electron chi connectivity index (χ3n) is 2.50. The molecule has 2 aromatic rings. The Morgan fingerprint density at radius 1 is 0.733 bits per heavy atom. The van der Waals surface area contributed by atoms with Gasteiger partial charge in [-0.3, -0.25) is 0 Å². The van der Waals surface area contributed by atoms with Crippen LogP contribution in [0.15, 0.2) is 60.7 Å². The van der Waals surface area contributed by atoms with E-state index in [4.69, 9.17) is 11.8 Å². The Balaban J connectivity index is 2.50. The van der Waals surface area contributed by atoms with E-state index >= 15 is 0 Å². The van der Waals surface area contributed by atoms with Crippen molar-refractivity contribution in [3.8, 4) is 0 Å². The van der Waals surface area contributed by atoms with Crippen molar-refractivity contribution < 1.29 is 0 Å². The zero-order valence-corrected chi connectivity index (χ0v) is 10.3. The maximum absolute atomic E-state index is 5.79. The predicted octanol–water partition coefficient (Wildman–Crippen LogP) is 2.75. The summed E-state index contributed by atoms with van der Waals surface area (Å²) in [5.74, 6) is 0. The van der Waals surface area contributed by atoms with Gasteiger partial charge in [-0.05, 0) is 17.3 Å². The molecule has 0 atom stereocenters. The van der Waals surface area contributed by atoms with Crippen molar-refractivity contribution in [2.45, 2.75) is 0 Å². The summed E-state index contributed by atoms with van der Waals surface area (Å²) in [5, 5.41) is 2.57. The first-order valence-electron chi connectivity index (χ1n) is 4.90. The lowest BCUT2D eigenvalue weighted by atomic mass is 10.4. The van der Waals surface area contributed by atoms with Crippen LogP contribution in [0.4, 0.5) is 0 Å². The summed E-state index contributed by atoms with van der Waals surface area (Å²) in [4.78, 5) is 0. The smallest absolute Gasteiger partial charge is 0.00761 e. The lowest BCUT2D eigenvalue weighted by molar-refractivity contribution is 1.75. The zero-order chi connectivity index (χ0) is 10.7. The summed E-state index contributed by atoms with van der Waals surface area (Å²) in [6, 6.07) is 19.3. The van der Waals surface area contributed by atoms with Crippen LogP contribution in [0.2, 0.25) is 0 Å². The number of hydrogen-bond acceptors (Lipinski definition) is 1. The molecule has 0 N–H and O–H groups in total. The van der Waals surface area contributed by atoms with E-state index in [9.17, 15) is 0 Å². The molecule has 15 heavy (non-hydrogen) atoms. The first kappa shape index (κ1) is 10.6. The van der Waals surface area contributed by atoms with Gasteiger partial charge in [-0.15, -0.1) is 0 Å². The highest BCUT2D eigenvalue weighted by Gasteiger charge is 2.14. The molecule has 0 heterocycles. The maximum Gasteiger partial charge on any atom is 0.00761 e. The van der Waals surface area contributed by atoms with Crippen LogP contribution in [0.1, 0.15) is 0 Å². The van der Waals surface area contributed by atoms with Gasteiger partial charge in [0.1, 0.15) is 0 Å². The van der Waals surface area contributed by atoms with E-state index < -0.39 is 6.04 Å². The highest BCUT2D eigenvalue weighted by Crippen LogP contribution is 2.38. The summed E-state index contributed by atoms with van der Waals surface area (Å²) < 4.78 is 0. The van der Waals surface area contributed by atoms with E-state index in [1.807, 2.05) is 12.1 Å². The molecular weight excluding hydrogens is 219 g/mol. The SMILES string of the molecule is CP(=S)(c1ccccc1)c1ccccc1. The Morgan fingerprint density at radius 3 is 1.40 bits per heavy atom. The Hall–Kier alpha value is -0.910. The molecule has 0 amide bonds. The number of benzene rings is 2. The van der Waals surface area contributed by atoms with Gasteiger partial charge < -0.3 is 0 Å². The third kappa shape index (κ3) is 2.19. The monoisotopic (exact) mass is 232 g/mol. The average Bonchev–Trinajstić information content (AvgIpc) is 2.31. The van der Waals surface area contributed by atoms with Gasteiger partial charge in [0.05, 0.1) is 0 Å². The van der Waals surface area contributed by atoms with E-state index in [1.165, 1.54) is 10.6 Å². The van der Waals surface area contributed by atoms with Crippen molar-refractivity contribution in [1.82, 2.24) is 0 Å². The summed E-state index contributed by atoms with van der Waals surface area (Å²) in [6.07, 6.45) is 0. The molecule has 2 rings (SSSR count). The molecule has 0 bridgehead atoms. The molecule has 0 spiro atoms. The predicted molar refractivity (Wildman–Crippen MR) is 72.4 cm³/mol. The van der Waals surface area contributed by atoms with Gasteiger partial charge in [0, 0.05) is 6.04 Å². The summed E-state index contributed by atoms with van der Waals surface area (Å²) in [6.45, 7) is 2.19. The lowest BCUT2D eigenvalue weighted by Gasteiger charge is -2.17. The molecule has 2 heteroatoms. The van der Waals surface area contributed by atoms with Gasteiger partial charge in [-0.25, -0.2) is 0 Å². The van der Waals surface area contributed by atoms with E-state index in [0.717, 1.165) is 0 Å². The fraction of sp³-hybridized carbons (Fsp3) is 0.0769. The molecule has 0 unspecified atom stereocenters. The second-order valence-corrected chi connectivity index (χ2v) is 8.67. The Kier molecular flexibility index (Phi) is 3.04. The highest BCUT2D eigenvalue weighted by atomic mass is 32.4. The van der Waals surface area contributed by atoms with Gasteiger partial charge in [0.15, 0.2) is 0 Å². The molecule has 0 radical (unpaired) electrons. The molecule has 76 valence electrons. The molecule has 0 fully saturated rings. The minimum absolute atomic E-state index is 1.28. The van der Waals surface area contributed by atoms with Gasteiger partial charge in [0.2, 0.25) is 0 Å². The number of rotatable bonds is 2. The van der Waals surface area contributed by atoms with Crippen LogP contribution in [-0.4, -0.2) is 6.66 Å². The van der Waals surface area contributed by atoms with Crippen molar-refractivity contribution in [1.29, 1.82) is 0 Å². The maximum atomic E-state index is 5.79. The van der Waals surface area contributed by atoms with Crippen molar-refractivity contribution in [3.63, 3.8) is 0 Å².